The molecule has 5 nitrogen and oxygen atoms in total. The summed E-state index contributed by atoms with van der Waals surface area (Å²) in [6.07, 6.45) is 2.66. The van der Waals surface area contributed by atoms with Crippen LogP contribution in [-0.2, 0) is 9.59 Å². The number of hydrogen-bond donors (Lipinski definition) is 0. The highest BCUT2D eigenvalue weighted by molar-refractivity contribution is 6.15. The second-order valence-corrected chi connectivity index (χ2v) is 7.02. The van der Waals surface area contributed by atoms with Crippen LogP contribution < -0.4 is 9.64 Å². The van der Waals surface area contributed by atoms with Crippen molar-refractivity contribution in [1.82, 2.24) is 0 Å². The van der Waals surface area contributed by atoms with E-state index in [1.165, 1.54) is 6.08 Å². The van der Waals surface area contributed by atoms with Gasteiger partial charge in [-0.1, -0.05) is 13.8 Å². The molecule has 124 valence electrons. The number of benzene rings is 1. The van der Waals surface area contributed by atoms with E-state index in [-0.39, 0.29) is 23.1 Å². The smallest absolute Gasteiger partial charge is 0.252 e. The molecular formula is C19H20N2O3. The number of ether oxygens (including phenoxy) is 1. The summed E-state index contributed by atoms with van der Waals surface area (Å²) in [6.45, 7) is 6.38. The third-order valence-corrected chi connectivity index (χ3v) is 4.56. The van der Waals surface area contributed by atoms with Crippen LogP contribution in [0.25, 0.3) is 0 Å². The SMILES string of the molecule is CCOc1cc(N2C(=O)C=C3C(=O)CC(C)(C)CC32)ccc1C#N. The maximum Gasteiger partial charge on any atom is 0.252 e. The summed E-state index contributed by atoms with van der Waals surface area (Å²) in [7, 11) is 0. The molecule has 0 aromatic heterocycles. The second-order valence-electron chi connectivity index (χ2n) is 7.02. The molecule has 24 heavy (non-hydrogen) atoms. The summed E-state index contributed by atoms with van der Waals surface area (Å²) in [6, 6.07) is 6.95. The minimum atomic E-state index is -0.240. The van der Waals surface area contributed by atoms with Crippen molar-refractivity contribution in [2.45, 2.75) is 39.7 Å². The average Bonchev–Trinajstić information content (AvgIpc) is 2.83. The van der Waals surface area contributed by atoms with Crippen molar-refractivity contribution < 1.29 is 14.3 Å². The molecule has 0 N–H and O–H groups in total. The quantitative estimate of drug-likeness (QED) is 0.857. The number of ketones is 1. The van der Waals surface area contributed by atoms with Crippen LogP contribution in [0.1, 0.15) is 39.2 Å². The predicted octanol–water partition coefficient (Wildman–Crippen LogP) is 2.99. The average molecular weight is 324 g/mol. The van der Waals surface area contributed by atoms with Crippen LogP contribution in [0.5, 0.6) is 5.75 Å². The third kappa shape index (κ3) is 2.69. The first-order valence-corrected chi connectivity index (χ1v) is 8.11. The standard InChI is InChI=1S/C19H20N2O3/c1-4-24-17-7-13(6-5-12(17)11-20)21-15-9-19(2,3)10-16(22)14(15)8-18(21)23/h5-8,15H,4,9-10H2,1-3H3. The molecule has 5 heteroatoms. The number of carbonyl (C=O) groups excluding carboxylic acids is 2. The lowest BCUT2D eigenvalue weighted by molar-refractivity contribution is -0.119. The van der Waals surface area contributed by atoms with Crippen LogP contribution >= 0.6 is 0 Å². The Bertz CT molecular complexity index is 786. The minimum absolute atomic E-state index is 0.0470. The van der Waals surface area contributed by atoms with Gasteiger partial charge in [0.15, 0.2) is 5.78 Å². The molecule has 3 rings (SSSR count). The molecule has 0 spiro atoms. The first-order chi connectivity index (χ1) is 11.4. The molecule has 1 aliphatic heterocycles. The van der Waals surface area contributed by atoms with Crippen molar-refractivity contribution in [3.05, 3.63) is 35.4 Å². The largest absolute Gasteiger partial charge is 0.492 e. The molecule has 1 saturated carbocycles. The van der Waals surface area contributed by atoms with Crippen molar-refractivity contribution in [1.29, 1.82) is 5.26 Å². The molecule has 1 aliphatic carbocycles. The number of rotatable bonds is 3. The van der Waals surface area contributed by atoms with Gasteiger partial charge in [0, 0.05) is 29.8 Å². The minimum Gasteiger partial charge on any atom is -0.492 e. The van der Waals surface area contributed by atoms with Crippen LogP contribution in [0.15, 0.2) is 29.8 Å². The Hall–Kier alpha value is -2.61. The Morgan fingerprint density at radius 2 is 2.12 bits per heavy atom. The lowest BCUT2D eigenvalue weighted by Crippen LogP contribution is -2.43. The summed E-state index contributed by atoms with van der Waals surface area (Å²) in [5.41, 5.74) is 1.54. The highest BCUT2D eigenvalue weighted by Gasteiger charge is 2.45. The lowest BCUT2D eigenvalue weighted by Gasteiger charge is -2.38. The Morgan fingerprint density at radius 3 is 2.79 bits per heavy atom. The van der Waals surface area contributed by atoms with E-state index in [1.54, 1.807) is 23.1 Å². The fourth-order valence-corrected chi connectivity index (χ4v) is 3.53. The molecule has 1 fully saturated rings. The highest BCUT2D eigenvalue weighted by Crippen LogP contribution is 2.43. The first-order valence-electron chi connectivity index (χ1n) is 8.11. The van der Waals surface area contributed by atoms with Crippen LogP contribution in [-0.4, -0.2) is 24.3 Å². The Labute approximate surface area is 141 Å². The summed E-state index contributed by atoms with van der Waals surface area (Å²) >= 11 is 0. The molecule has 1 amide bonds. The molecule has 0 radical (unpaired) electrons. The zero-order valence-corrected chi connectivity index (χ0v) is 14.1. The number of amides is 1. The summed E-state index contributed by atoms with van der Waals surface area (Å²) < 4.78 is 5.52. The molecule has 0 saturated heterocycles. The van der Waals surface area contributed by atoms with Gasteiger partial charge in [0.05, 0.1) is 18.2 Å². The summed E-state index contributed by atoms with van der Waals surface area (Å²) in [4.78, 5) is 26.5. The Morgan fingerprint density at radius 1 is 1.38 bits per heavy atom. The molecule has 1 unspecified atom stereocenters. The topological polar surface area (TPSA) is 70.4 Å². The molecular weight excluding hydrogens is 304 g/mol. The molecule has 2 aliphatic rings. The van der Waals surface area contributed by atoms with Crippen molar-refractivity contribution in [3.8, 4) is 11.8 Å². The van der Waals surface area contributed by atoms with E-state index in [0.717, 1.165) is 6.42 Å². The fraction of sp³-hybridized carbons (Fsp3) is 0.421. The predicted molar refractivity (Wildman–Crippen MR) is 89.7 cm³/mol. The normalized spacial score (nSPS) is 22.0. The van der Waals surface area contributed by atoms with Gasteiger partial charge in [-0.3, -0.25) is 9.59 Å². The molecule has 1 atom stereocenters. The molecule has 0 bridgehead atoms. The molecule has 1 aromatic carbocycles. The zero-order chi connectivity index (χ0) is 17.5. The monoisotopic (exact) mass is 324 g/mol. The van der Waals surface area contributed by atoms with E-state index in [9.17, 15) is 14.9 Å². The number of fused-ring (bicyclic) bond motifs is 1. The van der Waals surface area contributed by atoms with Gasteiger partial charge in [0.25, 0.3) is 5.91 Å². The van der Waals surface area contributed by atoms with Gasteiger partial charge < -0.3 is 9.64 Å². The van der Waals surface area contributed by atoms with E-state index in [0.29, 0.717) is 35.6 Å². The number of nitriles is 1. The third-order valence-electron chi connectivity index (χ3n) is 4.56. The van der Waals surface area contributed by atoms with Crippen molar-refractivity contribution >= 4 is 17.4 Å². The zero-order valence-electron chi connectivity index (χ0n) is 14.1. The van der Waals surface area contributed by atoms with E-state index in [1.807, 2.05) is 20.8 Å². The van der Waals surface area contributed by atoms with E-state index < -0.39 is 0 Å². The number of hydrogen-bond acceptors (Lipinski definition) is 4. The second kappa shape index (κ2) is 5.79. The van der Waals surface area contributed by atoms with Crippen LogP contribution in [0.4, 0.5) is 5.69 Å². The van der Waals surface area contributed by atoms with Gasteiger partial charge in [-0.25, -0.2) is 0 Å². The Balaban J connectivity index is 2.01. The van der Waals surface area contributed by atoms with Crippen molar-refractivity contribution in [2.75, 3.05) is 11.5 Å². The van der Waals surface area contributed by atoms with Gasteiger partial charge in [0.2, 0.25) is 0 Å². The number of anilines is 1. The summed E-state index contributed by atoms with van der Waals surface area (Å²) in [5, 5.41) is 9.18. The maximum absolute atomic E-state index is 12.5. The number of carbonyl (C=O) groups is 2. The van der Waals surface area contributed by atoms with Crippen LogP contribution in [0.2, 0.25) is 0 Å². The van der Waals surface area contributed by atoms with E-state index >= 15 is 0 Å². The molecule has 1 aromatic rings. The van der Waals surface area contributed by atoms with Crippen LogP contribution in [0, 0.1) is 16.7 Å². The fourth-order valence-electron chi connectivity index (χ4n) is 3.53. The van der Waals surface area contributed by atoms with E-state index in [2.05, 4.69) is 6.07 Å². The Kier molecular flexibility index (Phi) is 3.92. The number of Topliss-reactive ketones (excluding diaryl/α,β-unsaturated/α-hetero) is 1. The van der Waals surface area contributed by atoms with Crippen molar-refractivity contribution in [3.63, 3.8) is 0 Å². The highest BCUT2D eigenvalue weighted by atomic mass is 16.5. The lowest BCUT2D eigenvalue weighted by atomic mass is 9.72. The van der Waals surface area contributed by atoms with Gasteiger partial charge in [-0.05, 0) is 30.9 Å². The molecule has 1 heterocycles. The van der Waals surface area contributed by atoms with Gasteiger partial charge in [-0.2, -0.15) is 5.26 Å². The number of nitrogens with zero attached hydrogens (tertiary/aromatic N) is 2. The first kappa shape index (κ1) is 16.3. The van der Waals surface area contributed by atoms with E-state index in [4.69, 9.17) is 4.74 Å². The van der Waals surface area contributed by atoms with Gasteiger partial charge >= 0.3 is 0 Å². The van der Waals surface area contributed by atoms with Crippen LogP contribution in [0.3, 0.4) is 0 Å². The van der Waals surface area contributed by atoms with Crippen molar-refractivity contribution in [2.24, 2.45) is 5.41 Å². The maximum atomic E-state index is 12.5. The van der Waals surface area contributed by atoms with Gasteiger partial charge in [-0.15, -0.1) is 0 Å². The van der Waals surface area contributed by atoms with Gasteiger partial charge in [0.1, 0.15) is 11.8 Å². The summed E-state index contributed by atoms with van der Waals surface area (Å²) in [5.74, 6) is 0.319.